The Balaban J connectivity index is 3.98. The van der Waals surface area contributed by atoms with Gasteiger partial charge in [0.05, 0.1) is 5.88 Å². The molecule has 0 aliphatic carbocycles. The summed E-state index contributed by atoms with van der Waals surface area (Å²) in [7, 11) is 0. The Bertz CT molecular complexity index is 140. The fourth-order valence-electron chi connectivity index (χ4n) is 0.692. The third kappa shape index (κ3) is 4.64. The highest BCUT2D eigenvalue weighted by Gasteiger charge is 2.25. The van der Waals surface area contributed by atoms with Crippen molar-refractivity contribution >= 4 is 33.5 Å². The number of halogens is 2. The molecule has 66 valence electrons. The second kappa shape index (κ2) is 4.99. The van der Waals surface area contributed by atoms with Gasteiger partial charge in [-0.2, -0.15) is 0 Å². The summed E-state index contributed by atoms with van der Waals surface area (Å²) in [6, 6.07) is 0. The minimum atomic E-state index is -0.517. The number of esters is 1. The Morgan fingerprint density at radius 1 is 1.73 bits per heavy atom. The molecule has 0 aromatic heterocycles. The molecule has 0 spiro atoms. The Kier molecular flexibility index (Phi) is 5.10. The van der Waals surface area contributed by atoms with Crippen LogP contribution in [0.15, 0.2) is 0 Å². The summed E-state index contributed by atoms with van der Waals surface area (Å²) in [6.07, 6.45) is 0.732. The third-order valence-corrected chi connectivity index (χ3v) is 2.26. The van der Waals surface area contributed by atoms with Crippen molar-refractivity contribution in [1.29, 1.82) is 0 Å². The van der Waals surface area contributed by atoms with Crippen LogP contribution in [0.5, 0.6) is 0 Å². The van der Waals surface area contributed by atoms with E-state index < -0.39 is 5.60 Å². The normalized spacial score (nSPS) is 15.6. The number of carbonyl (C=O) groups is 1. The lowest BCUT2D eigenvalue weighted by atomic mass is 10.1. The molecule has 1 atom stereocenters. The topological polar surface area (TPSA) is 26.3 Å². The fraction of sp³-hybridized carbons (Fsp3) is 0.857. The van der Waals surface area contributed by atoms with Crippen molar-refractivity contribution in [3.05, 3.63) is 0 Å². The lowest BCUT2D eigenvalue weighted by Crippen LogP contribution is -2.33. The first-order valence-corrected chi connectivity index (χ1v) is 5.01. The average Bonchev–Trinajstić information content (AvgIpc) is 1.87. The summed E-state index contributed by atoms with van der Waals surface area (Å²) in [5.74, 6) is 0.0483. The SMILES string of the molecule is CC(=O)OC(C)(CCl)CCBr. The molecule has 0 amide bonds. The third-order valence-electron chi connectivity index (χ3n) is 1.30. The van der Waals surface area contributed by atoms with E-state index in [0.717, 1.165) is 11.8 Å². The molecule has 0 radical (unpaired) electrons. The Morgan fingerprint density at radius 3 is 2.55 bits per heavy atom. The molecule has 0 aromatic rings. The molecule has 0 bridgehead atoms. The summed E-state index contributed by atoms with van der Waals surface area (Å²) in [6.45, 7) is 3.21. The Labute approximate surface area is 80.4 Å². The second-order valence-corrected chi connectivity index (χ2v) is 3.68. The van der Waals surface area contributed by atoms with Crippen molar-refractivity contribution < 1.29 is 9.53 Å². The smallest absolute Gasteiger partial charge is 0.303 e. The molecule has 0 heterocycles. The summed E-state index contributed by atoms with van der Waals surface area (Å²) < 4.78 is 5.03. The zero-order valence-electron chi connectivity index (χ0n) is 6.69. The maximum Gasteiger partial charge on any atom is 0.303 e. The van der Waals surface area contributed by atoms with Gasteiger partial charge in [0, 0.05) is 12.3 Å². The highest BCUT2D eigenvalue weighted by molar-refractivity contribution is 9.09. The summed E-state index contributed by atoms with van der Waals surface area (Å²) in [4.78, 5) is 10.6. The van der Waals surface area contributed by atoms with E-state index in [0.29, 0.717) is 5.88 Å². The quantitative estimate of drug-likeness (QED) is 0.560. The van der Waals surface area contributed by atoms with Crippen molar-refractivity contribution in [1.82, 2.24) is 0 Å². The van der Waals surface area contributed by atoms with Crippen LogP contribution in [0.4, 0.5) is 0 Å². The van der Waals surface area contributed by atoms with E-state index in [2.05, 4.69) is 15.9 Å². The molecule has 11 heavy (non-hydrogen) atoms. The molecule has 1 unspecified atom stereocenters. The first-order valence-electron chi connectivity index (χ1n) is 3.35. The Morgan fingerprint density at radius 2 is 2.27 bits per heavy atom. The lowest BCUT2D eigenvalue weighted by Gasteiger charge is -2.25. The number of hydrogen-bond donors (Lipinski definition) is 0. The second-order valence-electron chi connectivity index (χ2n) is 2.62. The molecule has 0 fully saturated rings. The average molecular weight is 244 g/mol. The molecular formula is C7H12BrClO2. The van der Waals surface area contributed by atoms with Gasteiger partial charge in [0.25, 0.3) is 0 Å². The van der Waals surface area contributed by atoms with Crippen LogP contribution in [0, 0.1) is 0 Å². The maximum absolute atomic E-state index is 10.6. The summed E-state index contributed by atoms with van der Waals surface area (Å²) in [5, 5.41) is 0.781. The van der Waals surface area contributed by atoms with Gasteiger partial charge in [-0.25, -0.2) is 0 Å². The van der Waals surface area contributed by atoms with E-state index in [9.17, 15) is 4.79 Å². The maximum atomic E-state index is 10.6. The number of ether oxygens (including phenoxy) is 1. The lowest BCUT2D eigenvalue weighted by molar-refractivity contribution is -0.153. The molecule has 4 heteroatoms. The first kappa shape index (κ1) is 11.2. The van der Waals surface area contributed by atoms with Crippen LogP contribution in [0.25, 0.3) is 0 Å². The first-order chi connectivity index (χ1) is 5.04. The molecule has 0 saturated heterocycles. The van der Waals surface area contributed by atoms with E-state index in [1.807, 2.05) is 6.92 Å². The summed E-state index contributed by atoms with van der Waals surface area (Å²) in [5.41, 5.74) is -0.517. The molecule has 2 nitrogen and oxygen atoms in total. The molecule has 0 aliphatic heterocycles. The van der Waals surface area contributed by atoms with Crippen LogP contribution < -0.4 is 0 Å². The van der Waals surface area contributed by atoms with Gasteiger partial charge < -0.3 is 4.74 Å². The van der Waals surface area contributed by atoms with Crippen LogP contribution >= 0.6 is 27.5 Å². The molecule has 0 saturated carbocycles. The highest BCUT2D eigenvalue weighted by Crippen LogP contribution is 2.18. The van der Waals surface area contributed by atoms with Gasteiger partial charge in [0.2, 0.25) is 0 Å². The van der Waals surface area contributed by atoms with Crippen molar-refractivity contribution in [3.8, 4) is 0 Å². The number of hydrogen-bond acceptors (Lipinski definition) is 2. The number of alkyl halides is 2. The summed E-state index contributed by atoms with van der Waals surface area (Å²) >= 11 is 8.90. The van der Waals surface area contributed by atoms with Gasteiger partial charge >= 0.3 is 5.97 Å². The van der Waals surface area contributed by atoms with E-state index in [1.165, 1.54) is 6.92 Å². The zero-order chi connectivity index (χ0) is 8.91. The van der Waals surface area contributed by atoms with Gasteiger partial charge in [0.15, 0.2) is 0 Å². The van der Waals surface area contributed by atoms with Gasteiger partial charge in [-0.05, 0) is 13.3 Å². The van der Waals surface area contributed by atoms with E-state index in [-0.39, 0.29) is 5.97 Å². The van der Waals surface area contributed by atoms with Crippen LogP contribution in [0.3, 0.4) is 0 Å². The standard InChI is InChI=1S/C7H12BrClO2/c1-6(10)11-7(2,5-9)3-4-8/h3-5H2,1-2H3. The van der Waals surface area contributed by atoms with E-state index in [1.54, 1.807) is 0 Å². The van der Waals surface area contributed by atoms with Crippen LogP contribution in [0.2, 0.25) is 0 Å². The Hall–Kier alpha value is 0.240. The van der Waals surface area contributed by atoms with Crippen LogP contribution in [-0.2, 0) is 9.53 Å². The molecule has 0 N–H and O–H groups in total. The molecule has 0 aliphatic rings. The molecule has 0 aromatic carbocycles. The van der Waals surface area contributed by atoms with Gasteiger partial charge in [-0.15, -0.1) is 11.6 Å². The minimum absolute atomic E-state index is 0.283. The van der Waals surface area contributed by atoms with Crippen LogP contribution in [-0.4, -0.2) is 22.8 Å². The zero-order valence-corrected chi connectivity index (χ0v) is 9.04. The number of carbonyl (C=O) groups excluding carboxylic acids is 1. The predicted molar refractivity (Wildman–Crippen MR) is 49.3 cm³/mol. The van der Waals surface area contributed by atoms with Crippen molar-refractivity contribution in [2.24, 2.45) is 0 Å². The van der Waals surface area contributed by atoms with Crippen molar-refractivity contribution in [3.63, 3.8) is 0 Å². The van der Waals surface area contributed by atoms with Crippen LogP contribution in [0.1, 0.15) is 20.3 Å². The van der Waals surface area contributed by atoms with Gasteiger partial charge in [-0.1, -0.05) is 15.9 Å². The van der Waals surface area contributed by atoms with E-state index >= 15 is 0 Å². The monoisotopic (exact) mass is 242 g/mol. The highest BCUT2D eigenvalue weighted by atomic mass is 79.9. The van der Waals surface area contributed by atoms with E-state index in [4.69, 9.17) is 16.3 Å². The fourth-order valence-corrected chi connectivity index (χ4v) is 1.72. The predicted octanol–water partition coefficient (Wildman–Crippen LogP) is 2.33. The molecule has 0 rings (SSSR count). The molecular weight excluding hydrogens is 231 g/mol. The van der Waals surface area contributed by atoms with Crippen molar-refractivity contribution in [2.45, 2.75) is 25.9 Å². The minimum Gasteiger partial charge on any atom is -0.458 e. The van der Waals surface area contributed by atoms with Gasteiger partial charge in [-0.3, -0.25) is 4.79 Å². The van der Waals surface area contributed by atoms with Gasteiger partial charge in [0.1, 0.15) is 5.60 Å². The number of rotatable bonds is 4. The largest absolute Gasteiger partial charge is 0.458 e. The van der Waals surface area contributed by atoms with Crippen molar-refractivity contribution in [2.75, 3.05) is 11.2 Å².